The van der Waals surface area contributed by atoms with Gasteiger partial charge in [-0.15, -0.1) is 0 Å². The van der Waals surface area contributed by atoms with Crippen molar-refractivity contribution in [1.82, 2.24) is 10.2 Å². The Bertz CT molecular complexity index is 617. The number of hydrogen-bond donors (Lipinski definition) is 2. The predicted octanol–water partition coefficient (Wildman–Crippen LogP) is 1.24. The van der Waals surface area contributed by atoms with E-state index in [9.17, 15) is 14.4 Å². The van der Waals surface area contributed by atoms with E-state index in [-0.39, 0.29) is 29.8 Å². The maximum Gasteiger partial charge on any atom is 0.261 e. The van der Waals surface area contributed by atoms with E-state index in [1.807, 2.05) is 20.8 Å². The van der Waals surface area contributed by atoms with Gasteiger partial charge in [-0.1, -0.05) is 0 Å². The molecule has 0 atom stereocenters. The quantitative estimate of drug-likeness (QED) is 0.821. The molecule has 0 fully saturated rings. The molecule has 1 aromatic rings. The number of anilines is 1. The lowest BCUT2D eigenvalue weighted by molar-refractivity contribution is -0.115. The second-order valence-electron chi connectivity index (χ2n) is 6.08. The zero-order chi connectivity index (χ0) is 15.8. The monoisotopic (exact) mass is 289 g/mol. The summed E-state index contributed by atoms with van der Waals surface area (Å²) in [6.07, 6.45) is 0. The standard InChI is InChI=1S/C15H19N3O3/c1-15(2,3)16-8-12(19)17-9-5-6-10-11(7-9)14(21)18(4)13(10)20/h5-7,16H,8H2,1-4H3,(H,17,19). The van der Waals surface area contributed by atoms with Crippen LogP contribution in [0, 0.1) is 0 Å². The first-order valence-electron chi connectivity index (χ1n) is 6.70. The van der Waals surface area contributed by atoms with E-state index in [0.717, 1.165) is 4.90 Å². The lowest BCUT2D eigenvalue weighted by Gasteiger charge is -2.20. The number of fused-ring (bicyclic) bond motifs is 1. The molecule has 0 saturated heterocycles. The molecular weight excluding hydrogens is 270 g/mol. The third-order valence-corrected chi connectivity index (χ3v) is 3.15. The van der Waals surface area contributed by atoms with Gasteiger partial charge in [0.25, 0.3) is 11.8 Å². The third-order valence-electron chi connectivity index (χ3n) is 3.15. The van der Waals surface area contributed by atoms with Gasteiger partial charge in [-0.3, -0.25) is 19.3 Å². The molecule has 3 amide bonds. The van der Waals surface area contributed by atoms with Crippen LogP contribution < -0.4 is 10.6 Å². The molecule has 0 spiro atoms. The molecule has 6 nitrogen and oxygen atoms in total. The number of benzene rings is 1. The van der Waals surface area contributed by atoms with Crippen molar-refractivity contribution < 1.29 is 14.4 Å². The lowest BCUT2D eigenvalue weighted by atomic mass is 10.1. The molecule has 6 heteroatoms. The van der Waals surface area contributed by atoms with Gasteiger partial charge in [0.1, 0.15) is 0 Å². The summed E-state index contributed by atoms with van der Waals surface area (Å²) in [5.74, 6) is -0.865. The summed E-state index contributed by atoms with van der Waals surface area (Å²) in [7, 11) is 1.44. The average Bonchev–Trinajstić information content (AvgIpc) is 2.61. The van der Waals surface area contributed by atoms with Crippen LogP contribution in [0.25, 0.3) is 0 Å². The van der Waals surface area contributed by atoms with Crippen LogP contribution in [-0.2, 0) is 4.79 Å². The highest BCUT2D eigenvalue weighted by Crippen LogP contribution is 2.24. The van der Waals surface area contributed by atoms with Gasteiger partial charge >= 0.3 is 0 Å². The van der Waals surface area contributed by atoms with Crippen LogP contribution in [0.3, 0.4) is 0 Å². The molecule has 0 saturated carbocycles. The summed E-state index contributed by atoms with van der Waals surface area (Å²) in [6.45, 7) is 6.08. The molecule has 2 N–H and O–H groups in total. The molecule has 1 aliphatic heterocycles. The van der Waals surface area contributed by atoms with E-state index >= 15 is 0 Å². The van der Waals surface area contributed by atoms with E-state index in [4.69, 9.17) is 0 Å². The summed E-state index contributed by atoms with van der Waals surface area (Å²) in [6, 6.07) is 4.72. The Morgan fingerprint density at radius 2 is 1.76 bits per heavy atom. The highest BCUT2D eigenvalue weighted by molar-refractivity contribution is 6.21. The number of imide groups is 1. The number of rotatable bonds is 3. The van der Waals surface area contributed by atoms with Gasteiger partial charge in [-0.05, 0) is 39.0 Å². The molecule has 0 unspecified atom stereocenters. The van der Waals surface area contributed by atoms with Crippen molar-refractivity contribution in [1.29, 1.82) is 0 Å². The maximum atomic E-state index is 11.9. The normalized spacial score (nSPS) is 14.4. The number of hydrogen-bond acceptors (Lipinski definition) is 4. The molecular formula is C15H19N3O3. The number of nitrogens with zero attached hydrogens (tertiary/aromatic N) is 1. The van der Waals surface area contributed by atoms with Crippen LogP contribution in [0.1, 0.15) is 41.5 Å². The number of carbonyl (C=O) groups excluding carboxylic acids is 3. The van der Waals surface area contributed by atoms with Crippen LogP contribution in [0.15, 0.2) is 18.2 Å². The Balaban J connectivity index is 2.09. The molecule has 0 aromatic heterocycles. The van der Waals surface area contributed by atoms with Crippen LogP contribution in [0.4, 0.5) is 5.69 Å². The minimum atomic E-state index is -0.348. The zero-order valence-corrected chi connectivity index (χ0v) is 12.6. The second kappa shape index (κ2) is 5.29. The number of nitrogens with one attached hydrogen (secondary N) is 2. The first-order valence-corrected chi connectivity index (χ1v) is 6.70. The summed E-state index contributed by atoms with van der Waals surface area (Å²) >= 11 is 0. The SMILES string of the molecule is CN1C(=O)c2ccc(NC(=O)CNC(C)(C)C)cc2C1=O. The van der Waals surface area contributed by atoms with E-state index in [1.165, 1.54) is 13.1 Å². The fourth-order valence-electron chi connectivity index (χ4n) is 1.99. The first-order chi connectivity index (χ1) is 9.69. The fourth-order valence-corrected chi connectivity index (χ4v) is 1.99. The fraction of sp³-hybridized carbons (Fsp3) is 0.400. The summed E-state index contributed by atoms with van der Waals surface area (Å²) in [4.78, 5) is 36.5. The summed E-state index contributed by atoms with van der Waals surface area (Å²) in [5, 5.41) is 5.79. The molecule has 2 rings (SSSR count). The minimum absolute atomic E-state index is 0.152. The van der Waals surface area contributed by atoms with Crippen molar-refractivity contribution in [3.63, 3.8) is 0 Å². The summed E-state index contributed by atoms with van der Waals surface area (Å²) < 4.78 is 0. The van der Waals surface area contributed by atoms with Gasteiger partial charge in [0.05, 0.1) is 17.7 Å². The van der Waals surface area contributed by atoms with Gasteiger partial charge in [-0.2, -0.15) is 0 Å². The average molecular weight is 289 g/mol. The Labute approximate surface area is 123 Å². The zero-order valence-electron chi connectivity index (χ0n) is 12.6. The topological polar surface area (TPSA) is 78.5 Å². The Morgan fingerprint density at radius 1 is 1.14 bits per heavy atom. The van der Waals surface area contributed by atoms with Crippen LogP contribution in [0.5, 0.6) is 0 Å². The highest BCUT2D eigenvalue weighted by atomic mass is 16.2. The molecule has 21 heavy (non-hydrogen) atoms. The van der Waals surface area contributed by atoms with Gasteiger partial charge < -0.3 is 10.6 Å². The third kappa shape index (κ3) is 3.28. The molecule has 112 valence electrons. The Hall–Kier alpha value is -2.21. The first kappa shape index (κ1) is 15.2. The van der Waals surface area contributed by atoms with Gasteiger partial charge in [0, 0.05) is 18.3 Å². The maximum absolute atomic E-state index is 11.9. The highest BCUT2D eigenvalue weighted by Gasteiger charge is 2.32. The minimum Gasteiger partial charge on any atom is -0.325 e. The van der Waals surface area contributed by atoms with Gasteiger partial charge in [0.2, 0.25) is 5.91 Å². The van der Waals surface area contributed by atoms with E-state index < -0.39 is 0 Å². The van der Waals surface area contributed by atoms with Gasteiger partial charge in [0.15, 0.2) is 0 Å². The molecule has 1 aromatic carbocycles. The molecule has 1 heterocycles. The molecule has 0 aliphatic carbocycles. The lowest BCUT2D eigenvalue weighted by Crippen LogP contribution is -2.41. The summed E-state index contributed by atoms with van der Waals surface area (Å²) in [5.41, 5.74) is 1.05. The van der Waals surface area contributed by atoms with Crippen molar-refractivity contribution in [3.05, 3.63) is 29.3 Å². The Morgan fingerprint density at radius 3 is 2.38 bits per heavy atom. The van der Waals surface area contributed by atoms with Crippen molar-refractivity contribution >= 4 is 23.4 Å². The van der Waals surface area contributed by atoms with E-state index in [0.29, 0.717) is 16.8 Å². The van der Waals surface area contributed by atoms with Crippen LogP contribution in [0.2, 0.25) is 0 Å². The second-order valence-corrected chi connectivity index (χ2v) is 6.08. The predicted molar refractivity (Wildman–Crippen MR) is 79.3 cm³/mol. The van der Waals surface area contributed by atoms with Crippen LogP contribution in [-0.4, -0.2) is 41.8 Å². The van der Waals surface area contributed by atoms with Gasteiger partial charge in [-0.25, -0.2) is 0 Å². The van der Waals surface area contributed by atoms with E-state index in [1.54, 1.807) is 12.1 Å². The molecule has 0 bridgehead atoms. The smallest absolute Gasteiger partial charge is 0.261 e. The van der Waals surface area contributed by atoms with Crippen molar-refractivity contribution in [2.24, 2.45) is 0 Å². The Kier molecular flexibility index (Phi) is 3.82. The largest absolute Gasteiger partial charge is 0.325 e. The van der Waals surface area contributed by atoms with E-state index in [2.05, 4.69) is 10.6 Å². The molecule has 0 radical (unpaired) electrons. The van der Waals surface area contributed by atoms with Crippen molar-refractivity contribution in [3.8, 4) is 0 Å². The number of amides is 3. The number of carbonyl (C=O) groups is 3. The van der Waals surface area contributed by atoms with Crippen molar-refractivity contribution in [2.45, 2.75) is 26.3 Å². The van der Waals surface area contributed by atoms with Crippen molar-refractivity contribution in [2.75, 3.05) is 18.9 Å². The van der Waals surface area contributed by atoms with Crippen LogP contribution >= 0.6 is 0 Å². The molecule has 1 aliphatic rings.